The van der Waals surface area contributed by atoms with Crippen molar-refractivity contribution in [3.63, 3.8) is 0 Å². The van der Waals surface area contributed by atoms with Crippen LogP contribution in [0.25, 0.3) is 10.1 Å². The third kappa shape index (κ3) is 4.24. The average Bonchev–Trinajstić information content (AvgIpc) is 2.96. The number of hydrogen-bond acceptors (Lipinski definition) is 4. The molecule has 0 aliphatic carbocycles. The molecule has 1 heterocycles. The van der Waals surface area contributed by atoms with Crippen LogP contribution in [0.1, 0.15) is 29.4 Å². The molecule has 1 aromatic carbocycles. The van der Waals surface area contributed by atoms with Crippen LogP contribution in [0.3, 0.4) is 0 Å². The third-order valence-electron chi connectivity index (χ3n) is 3.26. The standard InChI is InChI=1S/C16H20N2O2S2/c1-2-5-12(15(19)17-8-9-21)18-16(20)14-10-11-6-3-4-7-13(11)22-14/h3-4,6-7,10,12,21H,2,5,8-9H2,1H3,(H,17,19)(H,18,20). The quantitative estimate of drug-likeness (QED) is 0.681. The molecule has 118 valence electrons. The molecule has 2 rings (SSSR count). The van der Waals surface area contributed by atoms with Crippen molar-refractivity contribution in [2.24, 2.45) is 0 Å². The number of benzene rings is 1. The van der Waals surface area contributed by atoms with Crippen molar-refractivity contribution in [2.45, 2.75) is 25.8 Å². The fourth-order valence-electron chi connectivity index (χ4n) is 2.18. The van der Waals surface area contributed by atoms with Gasteiger partial charge in [-0.3, -0.25) is 9.59 Å². The molecule has 0 fully saturated rings. The molecule has 2 amide bonds. The van der Waals surface area contributed by atoms with Crippen LogP contribution >= 0.6 is 24.0 Å². The molecule has 0 saturated heterocycles. The normalized spacial score (nSPS) is 12.1. The first kappa shape index (κ1) is 16.8. The van der Waals surface area contributed by atoms with E-state index in [-0.39, 0.29) is 11.8 Å². The van der Waals surface area contributed by atoms with Crippen LogP contribution in [-0.2, 0) is 4.79 Å². The van der Waals surface area contributed by atoms with Gasteiger partial charge in [-0.05, 0) is 23.9 Å². The van der Waals surface area contributed by atoms with E-state index >= 15 is 0 Å². The lowest BCUT2D eigenvalue weighted by Gasteiger charge is -2.17. The summed E-state index contributed by atoms with van der Waals surface area (Å²) < 4.78 is 1.07. The minimum Gasteiger partial charge on any atom is -0.353 e. The lowest BCUT2D eigenvalue weighted by molar-refractivity contribution is -0.123. The van der Waals surface area contributed by atoms with Crippen LogP contribution in [0.5, 0.6) is 0 Å². The Morgan fingerprint density at radius 3 is 2.77 bits per heavy atom. The van der Waals surface area contributed by atoms with Gasteiger partial charge >= 0.3 is 0 Å². The summed E-state index contributed by atoms with van der Waals surface area (Å²) in [5.74, 6) is 0.237. The van der Waals surface area contributed by atoms with E-state index in [1.54, 1.807) is 0 Å². The molecule has 1 aromatic heterocycles. The molecule has 22 heavy (non-hydrogen) atoms. The zero-order valence-corrected chi connectivity index (χ0v) is 14.2. The molecule has 2 aromatic rings. The van der Waals surface area contributed by atoms with Gasteiger partial charge in [0.05, 0.1) is 4.88 Å². The Labute approximate surface area is 139 Å². The summed E-state index contributed by atoms with van der Waals surface area (Å²) in [5, 5.41) is 6.66. The fourth-order valence-corrected chi connectivity index (χ4v) is 3.26. The highest BCUT2D eigenvalue weighted by molar-refractivity contribution is 7.80. The maximum Gasteiger partial charge on any atom is 0.262 e. The summed E-state index contributed by atoms with van der Waals surface area (Å²) in [6.07, 6.45) is 1.45. The Bertz CT molecular complexity index is 621. The van der Waals surface area contributed by atoms with E-state index in [4.69, 9.17) is 0 Å². The molecule has 0 radical (unpaired) electrons. The molecule has 6 heteroatoms. The predicted molar refractivity (Wildman–Crippen MR) is 94.8 cm³/mol. The van der Waals surface area contributed by atoms with Crippen molar-refractivity contribution in [1.82, 2.24) is 10.6 Å². The Morgan fingerprint density at radius 2 is 2.09 bits per heavy atom. The minimum atomic E-state index is -0.498. The van der Waals surface area contributed by atoms with Gasteiger partial charge in [-0.15, -0.1) is 11.3 Å². The van der Waals surface area contributed by atoms with Crippen molar-refractivity contribution in [3.8, 4) is 0 Å². The number of nitrogens with one attached hydrogen (secondary N) is 2. The lowest BCUT2D eigenvalue weighted by Crippen LogP contribution is -2.46. The first-order valence-electron chi connectivity index (χ1n) is 7.33. The Morgan fingerprint density at radius 1 is 1.32 bits per heavy atom. The Hall–Kier alpha value is -1.53. The van der Waals surface area contributed by atoms with E-state index < -0.39 is 6.04 Å². The van der Waals surface area contributed by atoms with Gasteiger partial charge in [0.1, 0.15) is 6.04 Å². The van der Waals surface area contributed by atoms with Gasteiger partial charge < -0.3 is 10.6 Å². The number of fused-ring (bicyclic) bond motifs is 1. The van der Waals surface area contributed by atoms with Crippen molar-refractivity contribution < 1.29 is 9.59 Å². The highest BCUT2D eigenvalue weighted by Gasteiger charge is 2.21. The molecule has 0 spiro atoms. The number of hydrogen-bond donors (Lipinski definition) is 3. The second kappa shape index (κ2) is 8.19. The smallest absolute Gasteiger partial charge is 0.262 e. The SMILES string of the molecule is CCCC(NC(=O)c1cc2ccccc2s1)C(=O)NCCS. The zero-order chi connectivity index (χ0) is 15.9. The lowest BCUT2D eigenvalue weighted by atomic mass is 10.1. The van der Waals surface area contributed by atoms with Gasteiger partial charge in [0.2, 0.25) is 5.91 Å². The van der Waals surface area contributed by atoms with E-state index in [1.165, 1.54) is 11.3 Å². The van der Waals surface area contributed by atoms with Crippen molar-refractivity contribution >= 4 is 45.9 Å². The molecular formula is C16H20N2O2S2. The van der Waals surface area contributed by atoms with Crippen molar-refractivity contribution in [2.75, 3.05) is 12.3 Å². The van der Waals surface area contributed by atoms with Crippen molar-refractivity contribution in [1.29, 1.82) is 0 Å². The Kier molecular flexibility index (Phi) is 6.27. The number of carbonyl (C=O) groups is 2. The zero-order valence-electron chi connectivity index (χ0n) is 12.5. The third-order valence-corrected chi connectivity index (χ3v) is 4.60. The van der Waals surface area contributed by atoms with E-state index in [9.17, 15) is 9.59 Å². The monoisotopic (exact) mass is 336 g/mol. The highest BCUT2D eigenvalue weighted by Crippen LogP contribution is 2.25. The molecule has 2 N–H and O–H groups in total. The molecular weight excluding hydrogens is 316 g/mol. The second-order valence-corrected chi connectivity index (χ2v) is 6.51. The molecule has 1 unspecified atom stereocenters. The summed E-state index contributed by atoms with van der Waals surface area (Å²) in [7, 11) is 0. The summed E-state index contributed by atoms with van der Waals surface area (Å²) in [5.41, 5.74) is 0. The van der Waals surface area contributed by atoms with Crippen LogP contribution in [0.2, 0.25) is 0 Å². The van der Waals surface area contributed by atoms with E-state index in [1.807, 2.05) is 37.3 Å². The number of rotatable bonds is 7. The summed E-state index contributed by atoms with van der Waals surface area (Å²) >= 11 is 5.51. The van der Waals surface area contributed by atoms with E-state index in [2.05, 4.69) is 23.3 Å². The molecule has 0 aliphatic heterocycles. The number of thiophene rings is 1. The van der Waals surface area contributed by atoms with Gasteiger partial charge in [-0.25, -0.2) is 0 Å². The maximum atomic E-state index is 12.4. The topological polar surface area (TPSA) is 58.2 Å². The molecule has 0 saturated carbocycles. The second-order valence-electron chi connectivity index (χ2n) is 4.98. The Balaban J connectivity index is 2.08. The maximum absolute atomic E-state index is 12.4. The van der Waals surface area contributed by atoms with Gasteiger partial charge in [0, 0.05) is 17.0 Å². The van der Waals surface area contributed by atoms with E-state index in [0.717, 1.165) is 16.5 Å². The molecule has 0 aliphatic rings. The van der Waals surface area contributed by atoms with Crippen LogP contribution in [-0.4, -0.2) is 30.2 Å². The fraction of sp³-hybridized carbons (Fsp3) is 0.375. The summed E-state index contributed by atoms with van der Waals surface area (Å²) in [6, 6.07) is 9.23. The molecule has 1 atom stereocenters. The van der Waals surface area contributed by atoms with Crippen molar-refractivity contribution in [3.05, 3.63) is 35.2 Å². The van der Waals surface area contributed by atoms with Crippen LogP contribution < -0.4 is 10.6 Å². The number of carbonyl (C=O) groups excluding carboxylic acids is 2. The molecule has 4 nitrogen and oxygen atoms in total. The number of amides is 2. The first-order chi connectivity index (χ1) is 10.7. The largest absolute Gasteiger partial charge is 0.353 e. The predicted octanol–water partition coefficient (Wildman–Crippen LogP) is 2.85. The first-order valence-corrected chi connectivity index (χ1v) is 8.78. The number of thiol groups is 1. The molecule has 0 bridgehead atoms. The highest BCUT2D eigenvalue weighted by atomic mass is 32.1. The summed E-state index contributed by atoms with van der Waals surface area (Å²) in [4.78, 5) is 25.1. The van der Waals surface area contributed by atoms with Crippen LogP contribution in [0.15, 0.2) is 30.3 Å². The van der Waals surface area contributed by atoms with E-state index in [0.29, 0.717) is 23.6 Å². The average molecular weight is 336 g/mol. The van der Waals surface area contributed by atoms with Gasteiger partial charge in [0.15, 0.2) is 0 Å². The van der Waals surface area contributed by atoms with Crippen LogP contribution in [0.4, 0.5) is 0 Å². The van der Waals surface area contributed by atoms with Gasteiger partial charge in [0.25, 0.3) is 5.91 Å². The van der Waals surface area contributed by atoms with Gasteiger partial charge in [-0.2, -0.15) is 12.6 Å². The minimum absolute atomic E-state index is 0.148. The van der Waals surface area contributed by atoms with Crippen LogP contribution in [0, 0.1) is 0 Å². The summed E-state index contributed by atoms with van der Waals surface area (Å²) in [6.45, 7) is 2.49. The van der Waals surface area contributed by atoms with Gasteiger partial charge in [-0.1, -0.05) is 31.5 Å².